The number of fused-ring (bicyclic) bond motifs is 1. The summed E-state index contributed by atoms with van der Waals surface area (Å²) in [6.07, 6.45) is -3.90. The van der Waals surface area contributed by atoms with E-state index >= 15 is 0 Å². The summed E-state index contributed by atoms with van der Waals surface area (Å²) in [6, 6.07) is 9.91. The van der Waals surface area contributed by atoms with E-state index in [4.69, 9.17) is 22.1 Å². The summed E-state index contributed by atoms with van der Waals surface area (Å²) < 4.78 is 47.3. The molecule has 2 aromatic rings. The van der Waals surface area contributed by atoms with Crippen LogP contribution >= 0.6 is 45.6 Å². The van der Waals surface area contributed by atoms with Crippen LogP contribution < -0.4 is 11.1 Å². The third-order valence-corrected chi connectivity index (χ3v) is 10.9. The minimum Gasteiger partial charge on any atom is -0.436 e. The lowest BCUT2D eigenvalue weighted by molar-refractivity contribution is -0.142. The summed E-state index contributed by atoms with van der Waals surface area (Å²) in [5.41, 5.74) is 5.90. The zero-order chi connectivity index (χ0) is 35.6. The van der Waals surface area contributed by atoms with Crippen LogP contribution in [0.4, 0.5) is 34.1 Å². The number of amides is 4. The van der Waals surface area contributed by atoms with E-state index in [1.807, 2.05) is 29.2 Å². The second-order valence-corrected chi connectivity index (χ2v) is 14.2. The molecular formula is C35H47Br2ClF3N7O4. The van der Waals surface area contributed by atoms with E-state index in [0.29, 0.717) is 58.0 Å². The Hall–Kier alpha value is -2.79. The number of hydrogen-bond acceptors (Lipinski definition) is 7. The van der Waals surface area contributed by atoms with E-state index in [0.717, 1.165) is 56.3 Å². The number of likely N-dealkylation sites (tertiary alicyclic amines) is 2. The highest BCUT2D eigenvalue weighted by Crippen LogP contribution is 2.38. The van der Waals surface area contributed by atoms with Gasteiger partial charge in [0.1, 0.15) is 0 Å². The number of piperidine rings is 2. The quantitative estimate of drug-likeness (QED) is 0.346. The summed E-state index contributed by atoms with van der Waals surface area (Å²) in [5.74, 6) is -0.452. The standard InChI is InChI=1S/C35H45ClF3N7O4.2BrH/c1-42-16-18-43(19-17-42)25-7-11-44(12-8-25)32(47)30(22-23-20-27(35(37,38)39)31(40)28(36)21-23)50-34(49)45-13-9-26(10-14-45)46-15-6-24-4-2-3-5-29(24)41-33(46)48;;/h2-5,20-21,25-26,30H,6-19,22,40H2,1H3,(H,41,48);2*1H/t30-;;/m1../s1. The number of ether oxygens (including phenoxy) is 1. The molecule has 1 atom stereocenters. The van der Waals surface area contributed by atoms with Gasteiger partial charge in [-0.15, -0.1) is 34.0 Å². The van der Waals surface area contributed by atoms with Gasteiger partial charge in [0.15, 0.2) is 6.10 Å². The molecular weight excluding hydrogens is 835 g/mol. The Morgan fingerprint density at radius 2 is 1.54 bits per heavy atom. The molecule has 3 fully saturated rings. The number of nitrogens with two attached hydrogens (primary N) is 1. The van der Waals surface area contributed by atoms with Crippen LogP contribution in [0.2, 0.25) is 5.02 Å². The molecule has 52 heavy (non-hydrogen) atoms. The maximum absolute atomic E-state index is 14.0. The first-order valence-electron chi connectivity index (χ1n) is 17.3. The number of likely N-dealkylation sites (N-methyl/N-ethyl adjacent to an activating group) is 1. The number of urea groups is 1. The van der Waals surface area contributed by atoms with Crippen LogP contribution in [0.1, 0.15) is 42.4 Å². The van der Waals surface area contributed by atoms with E-state index in [1.165, 1.54) is 11.0 Å². The smallest absolute Gasteiger partial charge is 0.418 e. The third-order valence-electron chi connectivity index (χ3n) is 10.6. The number of carbonyl (C=O) groups excluding carboxylic acids is 3. The van der Waals surface area contributed by atoms with Crippen molar-refractivity contribution in [1.29, 1.82) is 0 Å². The molecule has 0 spiro atoms. The average molecular weight is 882 g/mol. The second kappa shape index (κ2) is 18.0. The van der Waals surface area contributed by atoms with Crippen molar-refractivity contribution < 1.29 is 32.3 Å². The highest BCUT2D eigenvalue weighted by molar-refractivity contribution is 8.93. The minimum absolute atomic E-state index is 0. The van der Waals surface area contributed by atoms with Crippen LogP contribution in [0.3, 0.4) is 0 Å². The highest BCUT2D eigenvalue weighted by Gasteiger charge is 2.38. The molecule has 0 unspecified atom stereocenters. The van der Waals surface area contributed by atoms with E-state index in [1.54, 1.807) is 4.90 Å². The van der Waals surface area contributed by atoms with Crippen molar-refractivity contribution in [3.63, 3.8) is 0 Å². The van der Waals surface area contributed by atoms with Crippen molar-refractivity contribution in [3.05, 3.63) is 58.1 Å². The first-order chi connectivity index (χ1) is 23.9. The normalized spacial score (nSPS) is 20.2. The van der Waals surface area contributed by atoms with Gasteiger partial charge in [-0.25, -0.2) is 9.59 Å². The Labute approximate surface area is 328 Å². The Kier molecular flexibility index (Phi) is 14.5. The Morgan fingerprint density at radius 3 is 2.19 bits per heavy atom. The molecule has 0 bridgehead atoms. The van der Waals surface area contributed by atoms with Crippen LogP contribution in [-0.4, -0.2) is 127 Å². The third kappa shape index (κ3) is 9.84. The van der Waals surface area contributed by atoms with Gasteiger partial charge in [-0.05, 0) is 68.5 Å². The minimum atomic E-state index is -4.76. The Bertz CT molecular complexity index is 1570. The molecule has 0 saturated carbocycles. The largest absolute Gasteiger partial charge is 0.436 e. The number of rotatable bonds is 6. The summed E-state index contributed by atoms with van der Waals surface area (Å²) in [4.78, 5) is 50.3. The van der Waals surface area contributed by atoms with Crippen molar-refractivity contribution in [2.75, 3.05) is 77.0 Å². The number of anilines is 2. The van der Waals surface area contributed by atoms with Gasteiger partial charge in [-0.2, -0.15) is 13.2 Å². The van der Waals surface area contributed by atoms with Crippen molar-refractivity contribution >= 4 is 75.0 Å². The maximum atomic E-state index is 14.0. The zero-order valence-corrected chi connectivity index (χ0v) is 33.3. The number of halogens is 6. The van der Waals surface area contributed by atoms with Gasteiger partial charge in [0.25, 0.3) is 5.91 Å². The zero-order valence-electron chi connectivity index (χ0n) is 29.1. The lowest BCUT2D eigenvalue weighted by atomic mass is 9.99. The van der Waals surface area contributed by atoms with Crippen molar-refractivity contribution in [2.45, 2.75) is 62.9 Å². The summed E-state index contributed by atoms with van der Waals surface area (Å²) in [6.45, 7) is 5.93. The molecule has 3 saturated heterocycles. The van der Waals surface area contributed by atoms with E-state index in [2.05, 4.69) is 22.2 Å². The Balaban J connectivity index is 0.00000302. The highest BCUT2D eigenvalue weighted by atomic mass is 79.9. The topological polar surface area (TPSA) is 115 Å². The molecule has 288 valence electrons. The van der Waals surface area contributed by atoms with Crippen LogP contribution in [-0.2, 0) is 28.5 Å². The molecule has 2 aromatic carbocycles. The van der Waals surface area contributed by atoms with Gasteiger partial charge >= 0.3 is 18.3 Å². The molecule has 4 amide bonds. The fourth-order valence-electron chi connectivity index (χ4n) is 7.56. The summed E-state index contributed by atoms with van der Waals surface area (Å²) in [5, 5.41) is 2.70. The van der Waals surface area contributed by atoms with Crippen molar-refractivity contribution in [1.82, 2.24) is 24.5 Å². The maximum Gasteiger partial charge on any atom is 0.418 e. The van der Waals surface area contributed by atoms with Crippen molar-refractivity contribution in [2.24, 2.45) is 0 Å². The van der Waals surface area contributed by atoms with Gasteiger partial charge in [0.2, 0.25) is 0 Å². The molecule has 0 aromatic heterocycles. The molecule has 4 heterocycles. The summed E-state index contributed by atoms with van der Waals surface area (Å²) in [7, 11) is 2.10. The van der Waals surface area contributed by atoms with Crippen LogP contribution in [0.5, 0.6) is 0 Å². The molecule has 4 aliphatic rings. The van der Waals surface area contributed by atoms with Gasteiger partial charge in [0, 0.05) is 83.1 Å². The number of alkyl halides is 3. The van der Waals surface area contributed by atoms with Crippen LogP contribution in [0.15, 0.2) is 36.4 Å². The van der Waals surface area contributed by atoms with Crippen LogP contribution in [0.25, 0.3) is 0 Å². The predicted octanol–water partition coefficient (Wildman–Crippen LogP) is 5.94. The number of hydrogen-bond donors (Lipinski definition) is 2. The predicted molar refractivity (Wildman–Crippen MR) is 205 cm³/mol. The van der Waals surface area contributed by atoms with Gasteiger partial charge in [-0.1, -0.05) is 29.8 Å². The molecule has 4 aliphatic heterocycles. The van der Waals surface area contributed by atoms with Crippen LogP contribution in [0, 0.1) is 0 Å². The molecule has 3 N–H and O–H groups in total. The number of carbonyl (C=O) groups is 3. The monoisotopic (exact) mass is 879 g/mol. The number of piperazine rings is 1. The van der Waals surface area contributed by atoms with E-state index < -0.39 is 35.5 Å². The van der Waals surface area contributed by atoms with E-state index in [-0.39, 0.29) is 63.0 Å². The number of benzene rings is 2. The lowest BCUT2D eigenvalue weighted by Gasteiger charge is -2.42. The molecule has 0 aliphatic carbocycles. The molecule has 0 radical (unpaired) electrons. The Morgan fingerprint density at radius 1 is 0.923 bits per heavy atom. The molecule has 6 rings (SSSR count). The number of para-hydroxylation sites is 1. The first-order valence-corrected chi connectivity index (χ1v) is 17.7. The van der Waals surface area contributed by atoms with Gasteiger partial charge < -0.3 is 35.4 Å². The number of nitrogen functional groups attached to an aromatic ring is 1. The molecule has 17 heteroatoms. The molecule has 11 nitrogen and oxygen atoms in total. The second-order valence-electron chi connectivity index (χ2n) is 13.8. The number of nitrogens with zero attached hydrogens (tertiary/aromatic N) is 5. The fourth-order valence-corrected chi connectivity index (χ4v) is 7.80. The van der Waals surface area contributed by atoms with Gasteiger partial charge in [-0.3, -0.25) is 9.69 Å². The SMILES string of the molecule is Br.Br.CN1CCN(C2CCN(C(=O)[C@@H](Cc3cc(Cl)c(N)c(C(F)(F)F)c3)OC(=O)N3CCC(N4CCc5ccccc5NC4=O)CC3)CC2)CC1. The fraction of sp³-hybridized carbons (Fsp3) is 0.571. The first kappa shape index (κ1) is 42.0. The van der Waals surface area contributed by atoms with Gasteiger partial charge in [0.05, 0.1) is 16.3 Å². The lowest BCUT2D eigenvalue weighted by Crippen LogP contribution is -2.54. The average Bonchev–Trinajstić information content (AvgIpc) is 3.27. The van der Waals surface area contributed by atoms with E-state index in [9.17, 15) is 27.6 Å². The van der Waals surface area contributed by atoms with Crippen molar-refractivity contribution in [3.8, 4) is 0 Å². The summed E-state index contributed by atoms with van der Waals surface area (Å²) >= 11 is 6.11. The number of nitrogens with one attached hydrogen (secondary N) is 1.